The van der Waals surface area contributed by atoms with Crippen molar-refractivity contribution in [3.63, 3.8) is 0 Å². The van der Waals surface area contributed by atoms with Crippen molar-refractivity contribution >= 4 is 38.8 Å². The number of anilines is 1. The number of benzene rings is 1. The van der Waals surface area contributed by atoms with Crippen molar-refractivity contribution in [1.29, 1.82) is 0 Å². The Morgan fingerprint density at radius 2 is 2.08 bits per heavy atom. The first kappa shape index (κ1) is 16.3. The van der Waals surface area contributed by atoms with Gasteiger partial charge in [-0.2, -0.15) is 4.98 Å². The van der Waals surface area contributed by atoms with E-state index < -0.39 is 5.91 Å². The molecule has 0 spiro atoms. The van der Waals surface area contributed by atoms with Crippen molar-refractivity contribution in [2.45, 2.75) is 0 Å². The average molecular weight is 414 g/mol. The molecule has 1 N–H and O–H groups in total. The van der Waals surface area contributed by atoms with Crippen molar-refractivity contribution < 1.29 is 18.4 Å². The summed E-state index contributed by atoms with van der Waals surface area (Å²) in [7, 11) is 1.53. The molecule has 4 aromatic rings. The molecule has 3 aromatic heterocycles. The average Bonchev–Trinajstić information content (AvgIpc) is 3.27. The normalized spacial score (nSPS) is 10.8. The van der Waals surface area contributed by atoms with E-state index in [9.17, 15) is 4.79 Å². The number of carbonyl (C=O) groups excluding carboxylic acids is 1. The zero-order chi connectivity index (χ0) is 18.1. The fourth-order valence-corrected chi connectivity index (χ4v) is 2.76. The maximum atomic E-state index is 12.4. The predicted octanol–water partition coefficient (Wildman–Crippen LogP) is 4.51. The summed E-state index contributed by atoms with van der Waals surface area (Å²) < 4.78 is 16.8. The molecule has 1 amide bonds. The third-order valence-corrected chi connectivity index (χ3v) is 4.08. The van der Waals surface area contributed by atoms with Crippen molar-refractivity contribution in [2.24, 2.45) is 0 Å². The van der Waals surface area contributed by atoms with Crippen molar-refractivity contribution in [1.82, 2.24) is 9.97 Å². The summed E-state index contributed by atoms with van der Waals surface area (Å²) in [5, 5.41) is 2.77. The van der Waals surface area contributed by atoms with Crippen molar-refractivity contribution in [2.75, 3.05) is 12.4 Å². The molecule has 0 saturated heterocycles. The molecule has 0 unspecified atom stereocenters. The Bertz CT molecular complexity index is 1070. The first-order valence-electron chi connectivity index (χ1n) is 7.61. The van der Waals surface area contributed by atoms with Crippen LogP contribution in [-0.4, -0.2) is 23.0 Å². The number of rotatable bonds is 4. The van der Waals surface area contributed by atoms with Gasteiger partial charge in [0.05, 0.1) is 12.8 Å². The fraction of sp³-hybridized carbons (Fsp3) is 0.0556. The SMILES string of the molecule is COc1ccc(-c2nc3ncccc3o2)cc1NC(=O)c1ccc(Br)o1. The number of furan rings is 1. The van der Waals surface area contributed by atoms with E-state index in [1.54, 1.807) is 48.7 Å². The molecule has 1 aromatic carbocycles. The quantitative estimate of drug-likeness (QED) is 0.529. The molecular formula is C18H12BrN3O4. The summed E-state index contributed by atoms with van der Waals surface area (Å²) in [5.41, 5.74) is 2.26. The van der Waals surface area contributed by atoms with Gasteiger partial charge in [0.15, 0.2) is 21.7 Å². The molecule has 0 atom stereocenters. The minimum atomic E-state index is -0.398. The first-order chi connectivity index (χ1) is 12.6. The lowest BCUT2D eigenvalue weighted by molar-refractivity contribution is 0.0995. The number of carbonyl (C=O) groups is 1. The number of fused-ring (bicyclic) bond motifs is 1. The number of amides is 1. The van der Waals surface area contributed by atoms with Crippen molar-refractivity contribution in [3.8, 4) is 17.2 Å². The summed E-state index contributed by atoms with van der Waals surface area (Å²) in [5.74, 6) is 0.681. The Morgan fingerprint density at radius 1 is 1.19 bits per heavy atom. The van der Waals surface area contributed by atoms with Gasteiger partial charge < -0.3 is 18.9 Å². The number of methoxy groups -OCH3 is 1. The summed E-state index contributed by atoms with van der Waals surface area (Å²) in [4.78, 5) is 20.9. The van der Waals surface area contributed by atoms with Gasteiger partial charge in [-0.3, -0.25) is 4.79 Å². The van der Waals surface area contributed by atoms with E-state index >= 15 is 0 Å². The van der Waals surface area contributed by atoms with Gasteiger partial charge in [-0.15, -0.1) is 0 Å². The van der Waals surface area contributed by atoms with Crippen LogP contribution in [0.4, 0.5) is 5.69 Å². The van der Waals surface area contributed by atoms with Gasteiger partial charge in [0.2, 0.25) is 5.89 Å². The van der Waals surface area contributed by atoms with Gasteiger partial charge in [0.25, 0.3) is 5.91 Å². The Labute approximate surface area is 156 Å². The maximum absolute atomic E-state index is 12.4. The molecule has 3 heterocycles. The smallest absolute Gasteiger partial charge is 0.291 e. The van der Waals surface area contributed by atoms with Gasteiger partial charge in [0, 0.05) is 11.8 Å². The zero-order valence-corrected chi connectivity index (χ0v) is 15.1. The predicted molar refractivity (Wildman–Crippen MR) is 98.2 cm³/mol. The number of halogens is 1. The Hall–Kier alpha value is -3.13. The molecule has 4 rings (SSSR count). The van der Waals surface area contributed by atoms with E-state index in [0.717, 1.165) is 0 Å². The lowest BCUT2D eigenvalue weighted by Crippen LogP contribution is -2.11. The minimum absolute atomic E-state index is 0.176. The molecule has 26 heavy (non-hydrogen) atoms. The van der Waals surface area contributed by atoms with Crippen LogP contribution in [-0.2, 0) is 0 Å². The Kier molecular flexibility index (Phi) is 4.18. The number of nitrogens with one attached hydrogen (secondary N) is 1. The van der Waals surface area contributed by atoms with E-state index in [-0.39, 0.29) is 5.76 Å². The van der Waals surface area contributed by atoms with Crippen LogP contribution in [0.25, 0.3) is 22.7 Å². The Balaban J connectivity index is 1.69. The highest BCUT2D eigenvalue weighted by atomic mass is 79.9. The molecule has 7 nitrogen and oxygen atoms in total. The number of oxazole rings is 1. The van der Waals surface area contributed by atoms with Crippen LogP contribution in [0, 0.1) is 0 Å². The number of pyridine rings is 1. The molecule has 0 aliphatic heterocycles. The van der Waals surface area contributed by atoms with E-state index in [0.29, 0.717) is 38.8 Å². The van der Waals surface area contributed by atoms with Crippen LogP contribution in [0.15, 0.2) is 62.2 Å². The molecule has 130 valence electrons. The highest BCUT2D eigenvalue weighted by Gasteiger charge is 2.16. The number of hydrogen-bond donors (Lipinski definition) is 1. The van der Waals surface area contributed by atoms with Gasteiger partial charge in [0.1, 0.15) is 5.75 Å². The van der Waals surface area contributed by atoms with Gasteiger partial charge in [-0.25, -0.2) is 4.98 Å². The third kappa shape index (κ3) is 3.06. The second-order valence-corrected chi connectivity index (χ2v) is 6.10. The molecule has 0 fully saturated rings. The second kappa shape index (κ2) is 6.64. The lowest BCUT2D eigenvalue weighted by atomic mass is 10.2. The number of hydrogen-bond acceptors (Lipinski definition) is 6. The molecule has 0 saturated carbocycles. The molecule has 0 aliphatic rings. The van der Waals surface area contributed by atoms with Crippen LogP contribution in [0.3, 0.4) is 0 Å². The molecule has 0 bridgehead atoms. The largest absolute Gasteiger partial charge is 0.495 e. The minimum Gasteiger partial charge on any atom is -0.495 e. The Morgan fingerprint density at radius 3 is 2.81 bits per heavy atom. The molecular weight excluding hydrogens is 402 g/mol. The van der Waals surface area contributed by atoms with E-state index in [2.05, 4.69) is 31.2 Å². The standard InChI is InChI=1S/C18H12BrN3O4/c1-24-12-5-4-10(18-22-16-13(26-18)3-2-8-20-16)9-11(12)21-17(23)14-6-7-15(19)25-14/h2-9H,1H3,(H,21,23). The number of nitrogens with zero attached hydrogens (tertiary/aromatic N) is 2. The second-order valence-electron chi connectivity index (χ2n) is 5.32. The van der Waals surface area contributed by atoms with Crippen LogP contribution < -0.4 is 10.1 Å². The fourth-order valence-electron chi connectivity index (χ4n) is 2.45. The van der Waals surface area contributed by atoms with E-state index in [1.807, 2.05) is 0 Å². The monoisotopic (exact) mass is 413 g/mol. The van der Waals surface area contributed by atoms with Crippen LogP contribution in [0.5, 0.6) is 5.75 Å². The molecule has 0 radical (unpaired) electrons. The molecule has 0 aliphatic carbocycles. The van der Waals surface area contributed by atoms with E-state index in [4.69, 9.17) is 13.6 Å². The first-order valence-corrected chi connectivity index (χ1v) is 8.40. The lowest BCUT2D eigenvalue weighted by Gasteiger charge is -2.10. The van der Waals surface area contributed by atoms with Crippen LogP contribution in [0.1, 0.15) is 10.6 Å². The maximum Gasteiger partial charge on any atom is 0.291 e. The molecule has 8 heteroatoms. The van der Waals surface area contributed by atoms with Gasteiger partial charge >= 0.3 is 0 Å². The topological polar surface area (TPSA) is 90.4 Å². The van der Waals surface area contributed by atoms with Gasteiger partial charge in [-0.1, -0.05) is 0 Å². The third-order valence-electron chi connectivity index (χ3n) is 3.66. The zero-order valence-electron chi connectivity index (χ0n) is 13.5. The van der Waals surface area contributed by atoms with E-state index in [1.165, 1.54) is 7.11 Å². The highest BCUT2D eigenvalue weighted by molar-refractivity contribution is 9.10. The number of ether oxygens (including phenoxy) is 1. The van der Waals surface area contributed by atoms with Crippen LogP contribution in [0.2, 0.25) is 0 Å². The summed E-state index contributed by atoms with van der Waals surface area (Å²) in [6.07, 6.45) is 1.65. The van der Waals surface area contributed by atoms with Gasteiger partial charge in [-0.05, 0) is 58.4 Å². The summed E-state index contributed by atoms with van der Waals surface area (Å²) in [6.45, 7) is 0. The number of aromatic nitrogens is 2. The van der Waals surface area contributed by atoms with Crippen molar-refractivity contribution in [3.05, 3.63) is 59.1 Å². The summed E-state index contributed by atoms with van der Waals surface area (Å²) >= 11 is 3.17. The highest BCUT2D eigenvalue weighted by Crippen LogP contribution is 2.32. The van der Waals surface area contributed by atoms with Crippen LogP contribution >= 0.6 is 15.9 Å². The summed E-state index contributed by atoms with van der Waals surface area (Å²) in [6, 6.07) is 12.0.